The molecular weight excluding hydrogens is 562 g/mol. The van der Waals surface area contributed by atoms with Gasteiger partial charge < -0.3 is 14.4 Å². The molecule has 212 valence electrons. The molecule has 0 radical (unpaired) electrons. The zero-order valence-electron chi connectivity index (χ0n) is 20.9. The van der Waals surface area contributed by atoms with Crippen molar-refractivity contribution in [1.29, 1.82) is 0 Å². The number of amides is 1. The normalized spacial score (nSPS) is 19.6. The van der Waals surface area contributed by atoms with E-state index in [4.69, 9.17) is 9.47 Å². The molecule has 7 nitrogen and oxygen atoms in total. The Morgan fingerprint density at radius 2 is 1.93 bits per heavy atom. The molecule has 1 aromatic heterocycles. The summed E-state index contributed by atoms with van der Waals surface area (Å²) in [6.45, 7) is 1.66. The Bertz CT molecular complexity index is 1500. The molecular formula is C26H22F6N4O3S. The van der Waals surface area contributed by atoms with Gasteiger partial charge in [0.05, 0.1) is 53.6 Å². The minimum Gasteiger partial charge on any atom is -0.382 e. The minimum absolute atomic E-state index is 0.118. The number of carbonyl (C=O) groups is 1. The second kappa shape index (κ2) is 10.9. The number of amidine groups is 1. The first-order valence-corrected chi connectivity index (χ1v) is 12.8. The van der Waals surface area contributed by atoms with Crippen LogP contribution in [0.2, 0.25) is 0 Å². The molecule has 1 atom stereocenters. The summed E-state index contributed by atoms with van der Waals surface area (Å²) in [5.74, 6) is -0.382. The van der Waals surface area contributed by atoms with Crippen molar-refractivity contribution in [3.05, 3.63) is 69.8 Å². The van der Waals surface area contributed by atoms with Crippen LogP contribution < -0.4 is 0 Å². The van der Waals surface area contributed by atoms with E-state index in [1.807, 2.05) is 4.90 Å². The van der Waals surface area contributed by atoms with Crippen molar-refractivity contribution < 1.29 is 40.6 Å². The highest BCUT2D eigenvalue weighted by atomic mass is 32.2. The predicted octanol–water partition coefficient (Wildman–Crippen LogP) is 5.44. The van der Waals surface area contributed by atoms with Crippen molar-refractivity contribution in [1.82, 2.24) is 14.7 Å². The fourth-order valence-corrected chi connectivity index (χ4v) is 5.45. The maximum absolute atomic E-state index is 13.6. The Kier molecular flexibility index (Phi) is 7.68. The first-order valence-electron chi connectivity index (χ1n) is 12.0. The largest absolute Gasteiger partial charge is 0.416 e. The third kappa shape index (κ3) is 6.03. The van der Waals surface area contributed by atoms with Crippen LogP contribution in [0.15, 0.2) is 52.5 Å². The highest BCUT2D eigenvalue weighted by Gasteiger charge is 2.38. The monoisotopic (exact) mass is 584 g/mol. The number of hydrogen-bond donors (Lipinski definition) is 0. The van der Waals surface area contributed by atoms with Gasteiger partial charge in [0.25, 0.3) is 5.91 Å². The average Bonchev–Trinajstić information content (AvgIpc) is 3.46. The molecule has 3 aromatic rings. The van der Waals surface area contributed by atoms with Gasteiger partial charge in [-0.3, -0.25) is 9.48 Å². The number of methoxy groups -OCH3 is 1. The van der Waals surface area contributed by atoms with Gasteiger partial charge in [-0.2, -0.15) is 36.4 Å². The van der Waals surface area contributed by atoms with E-state index in [0.717, 1.165) is 6.07 Å². The van der Waals surface area contributed by atoms with E-state index < -0.39 is 23.5 Å². The zero-order chi connectivity index (χ0) is 28.7. The third-order valence-corrected chi connectivity index (χ3v) is 7.44. The van der Waals surface area contributed by atoms with Crippen molar-refractivity contribution in [2.45, 2.75) is 25.0 Å². The van der Waals surface area contributed by atoms with Gasteiger partial charge in [-0.1, -0.05) is 12.1 Å². The third-order valence-electron chi connectivity index (χ3n) is 6.40. The minimum atomic E-state index is -4.97. The first-order chi connectivity index (χ1) is 18.9. The number of aromatic nitrogens is 2. The van der Waals surface area contributed by atoms with Gasteiger partial charge in [0.15, 0.2) is 5.17 Å². The van der Waals surface area contributed by atoms with Gasteiger partial charge in [0.2, 0.25) is 0 Å². The number of halogens is 6. The van der Waals surface area contributed by atoms with E-state index in [2.05, 4.69) is 10.1 Å². The van der Waals surface area contributed by atoms with Crippen molar-refractivity contribution >= 4 is 39.8 Å². The van der Waals surface area contributed by atoms with Crippen molar-refractivity contribution in [2.75, 3.05) is 33.4 Å². The number of morpholine rings is 1. The Labute approximate surface area is 228 Å². The number of nitrogens with zero attached hydrogens (tertiary/aromatic N) is 4. The van der Waals surface area contributed by atoms with Crippen molar-refractivity contribution in [3.8, 4) is 0 Å². The molecule has 2 aromatic carbocycles. The number of rotatable bonds is 5. The van der Waals surface area contributed by atoms with Gasteiger partial charge in [0.1, 0.15) is 0 Å². The maximum Gasteiger partial charge on any atom is 0.416 e. The second-order valence-corrected chi connectivity index (χ2v) is 10.2. The van der Waals surface area contributed by atoms with Crippen LogP contribution >= 0.6 is 11.8 Å². The number of ether oxygens (including phenoxy) is 2. The lowest BCUT2D eigenvalue weighted by Gasteiger charge is -2.33. The number of thioether (sulfide) groups is 1. The predicted molar refractivity (Wildman–Crippen MR) is 136 cm³/mol. The van der Waals surface area contributed by atoms with Crippen LogP contribution in [0.4, 0.5) is 26.3 Å². The maximum atomic E-state index is 13.6. The molecule has 2 aliphatic rings. The molecule has 0 aliphatic carbocycles. The number of benzene rings is 2. The van der Waals surface area contributed by atoms with Crippen molar-refractivity contribution in [3.63, 3.8) is 0 Å². The summed E-state index contributed by atoms with van der Waals surface area (Å²) in [4.78, 5) is 19.1. The summed E-state index contributed by atoms with van der Waals surface area (Å²) in [6, 6.07) is 6.60. The molecule has 0 bridgehead atoms. The van der Waals surface area contributed by atoms with Crippen LogP contribution in [0.25, 0.3) is 17.0 Å². The Balaban J connectivity index is 1.35. The van der Waals surface area contributed by atoms with Crippen LogP contribution in [0, 0.1) is 0 Å². The van der Waals surface area contributed by atoms with E-state index in [1.165, 1.54) is 22.6 Å². The van der Waals surface area contributed by atoms with Crippen LogP contribution in [0.3, 0.4) is 0 Å². The van der Waals surface area contributed by atoms with E-state index in [9.17, 15) is 31.1 Å². The summed E-state index contributed by atoms with van der Waals surface area (Å²) in [7, 11) is 1.59. The van der Waals surface area contributed by atoms with Crippen LogP contribution in [-0.4, -0.2) is 65.3 Å². The molecule has 40 heavy (non-hydrogen) atoms. The van der Waals surface area contributed by atoms with Gasteiger partial charge >= 0.3 is 12.4 Å². The number of hydrogen-bond acceptors (Lipinski definition) is 6. The number of carbonyl (C=O) groups excluding carboxylic acids is 1. The zero-order valence-corrected chi connectivity index (χ0v) is 21.7. The fourth-order valence-electron chi connectivity index (χ4n) is 4.50. The topological polar surface area (TPSA) is 69.0 Å². The molecule has 1 fully saturated rings. The molecule has 0 unspecified atom stereocenters. The fraction of sp³-hybridized carbons (Fsp3) is 0.346. The lowest BCUT2D eigenvalue weighted by molar-refractivity contribution is -0.143. The van der Waals surface area contributed by atoms with Gasteiger partial charge in [-0.05, 0) is 53.2 Å². The summed E-state index contributed by atoms with van der Waals surface area (Å²) in [5.41, 5.74) is -1.94. The van der Waals surface area contributed by atoms with Crippen LogP contribution in [-0.2, 0) is 33.2 Å². The van der Waals surface area contributed by atoms with Gasteiger partial charge in [-0.15, -0.1) is 0 Å². The standard InChI is InChI=1S/C26H22F6N4O3S/c1-38-14-19-13-35(6-7-39-19)24-34-23(37)22(40-24)9-15-2-5-21-17(8-15)11-33-36(21)12-16-3-4-18(25(27,28)29)10-20(16)26(30,31)32/h2-5,8-11,19H,6-7,12-14H2,1H3/t19-/m0/s1. The van der Waals surface area contributed by atoms with Gasteiger partial charge in [-0.25, -0.2) is 0 Å². The Hall–Kier alpha value is -3.36. The molecule has 0 saturated carbocycles. The van der Waals surface area contributed by atoms with Crippen LogP contribution in [0.5, 0.6) is 0 Å². The number of aliphatic imine (C=N–C) groups is 1. The summed E-state index contributed by atoms with van der Waals surface area (Å²) in [6.07, 6.45) is -6.88. The Morgan fingerprint density at radius 3 is 2.65 bits per heavy atom. The van der Waals surface area contributed by atoms with E-state index >= 15 is 0 Å². The summed E-state index contributed by atoms with van der Waals surface area (Å²) >= 11 is 1.24. The molecule has 1 amide bonds. The molecule has 0 spiro atoms. The van der Waals surface area contributed by atoms with E-state index in [1.54, 1.807) is 31.4 Å². The average molecular weight is 585 g/mol. The molecule has 14 heteroatoms. The van der Waals surface area contributed by atoms with Gasteiger partial charge in [0, 0.05) is 25.6 Å². The first kappa shape index (κ1) is 28.2. The SMILES string of the molecule is COC[C@@H]1CN(C2=NC(=O)C(=Cc3ccc4c(cnn4Cc4ccc(C(F)(F)F)cc4C(F)(F)F)c3)S2)CCO1. The highest BCUT2D eigenvalue weighted by Crippen LogP contribution is 2.38. The second-order valence-electron chi connectivity index (χ2n) is 9.19. The number of alkyl halides is 6. The molecule has 3 heterocycles. The quantitative estimate of drug-likeness (QED) is 0.294. The summed E-state index contributed by atoms with van der Waals surface area (Å²) < 4.78 is 91.8. The summed E-state index contributed by atoms with van der Waals surface area (Å²) in [5, 5.41) is 5.31. The smallest absolute Gasteiger partial charge is 0.382 e. The van der Waals surface area contributed by atoms with E-state index in [-0.39, 0.29) is 30.2 Å². The van der Waals surface area contributed by atoms with Crippen LogP contribution in [0.1, 0.15) is 22.3 Å². The highest BCUT2D eigenvalue weighted by molar-refractivity contribution is 8.18. The van der Waals surface area contributed by atoms with Crippen molar-refractivity contribution in [2.24, 2.45) is 4.99 Å². The lowest BCUT2D eigenvalue weighted by Crippen LogP contribution is -2.46. The Morgan fingerprint density at radius 1 is 1.12 bits per heavy atom. The molecule has 0 N–H and O–H groups in total. The van der Waals surface area contributed by atoms with E-state index in [0.29, 0.717) is 58.9 Å². The number of fused-ring (bicyclic) bond motifs is 1. The molecule has 5 rings (SSSR count). The lowest BCUT2D eigenvalue weighted by atomic mass is 10.0. The molecule has 1 saturated heterocycles. The molecule has 2 aliphatic heterocycles.